The second-order valence-corrected chi connectivity index (χ2v) is 20.0. The molecule has 35 nitrogen and oxygen atoms in total. The van der Waals surface area contributed by atoms with Crippen molar-refractivity contribution in [2.75, 3.05) is 32.7 Å². The van der Waals surface area contributed by atoms with Crippen LogP contribution in [0, 0.1) is 0 Å². The van der Waals surface area contributed by atoms with Crippen molar-refractivity contribution in [3.8, 4) is 0 Å². The molecule has 2 saturated heterocycles. The summed E-state index contributed by atoms with van der Waals surface area (Å²) >= 11 is 0. The summed E-state index contributed by atoms with van der Waals surface area (Å²) in [5, 5.41) is 75.2. The number of rotatable bonds is 39. The number of nitrogens with zero attached hydrogens (tertiary/aromatic N) is 2. The molecule has 0 aliphatic carbocycles. The van der Waals surface area contributed by atoms with Gasteiger partial charge in [0.1, 0.15) is 54.4 Å². The first-order valence-corrected chi connectivity index (χ1v) is 27.0. The van der Waals surface area contributed by atoms with Crippen molar-refractivity contribution >= 4 is 94.9 Å². The Labute approximate surface area is 480 Å². The van der Waals surface area contributed by atoms with Gasteiger partial charge in [0, 0.05) is 19.5 Å². The SMILES string of the molecule is C[C@H](N)C(=O)NCC(=O)N[C@@H](CCCCN)C(=O)N[C@@H](CCCCN)C(=O)N[C@@H](CC(=O)O)C(=O)N[C@@H](CC(=O)O)C(=O)N[C@@H](CC(=O)O)C(=O)N[C@@H](CC(=O)O)C(=O)N1CCC[C@H]1C(=O)N1CCC[C@H]1C(=O)N[C@@H](CCCC(=O)O)C(=O)O. The summed E-state index contributed by atoms with van der Waals surface area (Å²) in [4.78, 5) is 208. The molecule has 0 aromatic rings. The number of carboxylic acid groups (broad SMARTS) is 6. The van der Waals surface area contributed by atoms with Gasteiger partial charge in [-0.15, -0.1) is 0 Å². The number of amides is 10. The van der Waals surface area contributed by atoms with Crippen molar-refractivity contribution in [2.45, 2.75) is 176 Å². The van der Waals surface area contributed by atoms with Crippen LogP contribution in [-0.2, 0) is 76.7 Å². The Hall–Kier alpha value is -8.60. The van der Waals surface area contributed by atoms with E-state index in [1.807, 2.05) is 16.0 Å². The van der Waals surface area contributed by atoms with Crippen molar-refractivity contribution in [3.05, 3.63) is 0 Å². The molecule has 470 valence electrons. The van der Waals surface area contributed by atoms with Crippen LogP contribution in [0.5, 0.6) is 0 Å². The molecule has 0 radical (unpaired) electrons. The van der Waals surface area contributed by atoms with Gasteiger partial charge in [-0.3, -0.25) is 71.9 Å². The Kier molecular flexibility index (Phi) is 30.7. The lowest BCUT2D eigenvalue weighted by atomic mass is 10.0. The zero-order valence-electron chi connectivity index (χ0n) is 46.2. The first kappa shape index (κ1) is 71.5. The smallest absolute Gasteiger partial charge is 0.326 e. The second-order valence-electron chi connectivity index (χ2n) is 20.0. The number of nitrogens with one attached hydrogen (secondary N) is 8. The molecule has 0 bridgehead atoms. The van der Waals surface area contributed by atoms with Crippen LogP contribution in [0.3, 0.4) is 0 Å². The largest absolute Gasteiger partial charge is 0.481 e. The van der Waals surface area contributed by atoms with Crippen LogP contribution >= 0.6 is 0 Å². The summed E-state index contributed by atoms with van der Waals surface area (Å²) in [6.45, 7) is 0.865. The lowest BCUT2D eigenvalue weighted by Crippen LogP contribution is -2.61. The molecule has 0 aromatic carbocycles. The molecule has 0 spiro atoms. The molecule has 0 saturated carbocycles. The Balaban J connectivity index is 2.38. The molecular formula is C49H77N13O22. The zero-order valence-corrected chi connectivity index (χ0v) is 46.2. The van der Waals surface area contributed by atoms with Gasteiger partial charge in [-0.1, -0.05) is 0 Å². The summed E-state index contributed by atoms with van der Waals surface area (Å²) in [6, 6.07) is -16.8. The lowest BCUT2D eigenvalue weighted by molar-refractivity contribution is -0.150. The third-order valence-electron chi connectivity index (χ3n) is 13.2. The minimum Gasteiger partial charge on any atom is -0.481 e. The Morgan fingerprint density at radius 1 is 0.452 bits per heavy atom. The van der Waals surface area contributed by atoms with Gasteiger partial charge in [-0.2, -0.15) is 0 Å². The highest BCUT2D eigenvalue weighted by Crippen LogP contribution is 2.26. The molecule has 0 unspecified atom stereocenters. The van der Waals surface area contributed by atoms with E-state index in [1.54, 1.807) is 0 Å². The van der Waals surface area contributed by atoms with Crippen LogP contribution in [0.4, 0.5) is 0 Å². The van der Waals surface area contributed by atoms with Crippen LogP contribution in [0.1, 0.15) is 116 Å². The predicted octanol–water partition coefficient (Wildman–Crippen LogP) is -6.68. The summed E-state index contributed by atoms with van der Waals surface area (Å²) in [5.74, 6) is -20.9. The van der Waals surface area contributed by atoms with E-state index < -0.39 is 188 Å². The van der Waals surface area contributed by atoms with Gasteiger partial charge >= 0.3 is 35.8 Å². The van der Waals surface area contributed by atoms with E-state index in [1.165, 1.54) is 6.92 Å². The number of hydrogen-bond donors (Lipinski definition) is 17. The Bertz CT molecular complexity index is 2430. The molecule has 2 aliphatic heterocycles. The number of carbonyl (C=O) groups is 16. The maximum absolute atomic E-state index is 14.1. The standard InChI is InChI=1S/C49H77N13O22/c1-24(52)40(74)53-23-34(63)54-25(9-2-4-15-50)41(75)55-26(10-3-5-16-51)42(76)57-28(19-36(66)67)43(77)58-29(20-37(68)69)44(78)59-30(21-38(70)71)45(79)60-31(22-39(72)73)47(81)62-18-8-13-33(62)48(82)61-17-7-12-32(61)46(80)56-27(49(83)84)11-6-14-35(64)65/h24-33H,2-23,50-52H2,1H3,(H,53,74)(H,54,63)(H,55,75)(H,56,80)(H,57,76)(H,58,77)(H,59,78)(H,60,79)(H,64,65)(H,66,67)(H,68,69)(H,70,71)(H,72,73)(H,83,84)/t24-,25-,26-,27-,28-,29-,30-,31-,32-,33-/m0/s1. The zero-order chi connectivity index (χ0) is 63.4. The van der Waals surface area contributed by atoms with Crippen LogP contribution in [0.2, 0.25) is 0 Å². The van der Waals surface area contributed by atoms with E-state index in [4.69, 9.17) is 22.3 Å². The van der Waals surface area contributed by atoms with E-state index in [2.05, 4.69) is 26.6 Å². The van der Waals surface area contributed by atoms with E-state index >= 15 is 0 Å². The van der Waals surface area contributed by atoms with Gasteiger partial charge in [0.25, 0.3) is 0 Å². The van der Waals surface area contributed by atoms with E-state index in [0.29, 0.717) is 19.3 Å². The van der Waals surface area contributed by atoms with Crippen molar-refractivity contribution in [1.82, 2.24) is 52.3 Å². The van der Waals surface area contributed by atoms with Crippen LogP contribution < -0.4 is 59.7 Å². The monoisotopic (exact) mass is 1200 g/mol. The number of carbonyl (C=O) groups excluding carboxylic acids is 10. The third-order valence-corrected chi connectivity index (χ3v) is 13.2. The maximum atomic E-state index is 14.1. The van der Waals surface area contributed by atoms with Crippen molar-refractivity contribution in [2.24, 2.45) is 17.2 Å². The summed E-state index contributed by atoms with van der Waals surface area (Å²) < 4.78 is 0. The molecule has 2 heterocycles. The molecule has 20 N–H and O–H groups in total. The van der Waals surface area contributed by atoms with E-state index in [-0.39, 0.29) is 90.4 Å². The number of hydrogen-bond acceptors (Lipinski definition) is 19. The van der Waals surface area contributed by atoms with Crippen molar-refractivity contribution in [1.29, 1.82) is 0 Å². The molecule has 84 heavy (non-hydrogen) atoms. The van der Waals surface area contributed by atoms with Gasteiger partial charge in [-0.05, 0) is 97.1 Å². The number of likely N-dealkylation sites (tertiary alicyclic amines) is 2. The molecule has 10 atom stereocenters. The molecule has 0 aromatic heterocycles. The molecule has 35 heteroatoms. The van der Waals surface area contributed by atoms with Crippen LogP contribution in [-0.4, -0.2) is 228 Å². The molecular weight excluding hydrogens is 1120 g/mol. The fraction of sp³-hybridized carbons (Fsp3) is 0.673. The van der Waals surface area contributed by atoms with E-state index in [0.717, 1.165) is 9.80 Å². The van der Waals surface area contributed by atoms with Gasteiger partial charge in [0.15, 0.2) is 0 Å². The fourth-order valence-corrected chi connectivity index (χ4v) is 8.95. The average molecular weight is 1200 g/mol. The summed E-state index contributed by atoms with van der Waals surface area (Å²) in [7, 11) is 0. The third kappa shape index (κ3) is 24.9. The van der Waals surface area contributed by atoms with Crippen LogP contribution in [0.15, 0.2) is 0 Å². The van der Waals surface area contributed by atoms with Gasteiger partial charge in [-0.25, -0.2) is 4.79 Å². The maximum Gasteiger partial charge on any atom is 0.326 e. The van der Waals surface area contributed by atoms with Gasteiger partial charge < -0.3 is 100 Å². The average Bonchev–Trinajstić information content (AvgIpc) is 3.72. The molecule has 10 amide bonds. The minimum absolute atomic E-state index is 0.0194. The van der Waals surface area contributed by atoms with Gasteiger partial charge in [0.2, 0.25) is 59.1 Å². The number of aliphatic carboxylic acids is 6. The molecule has 2 rings (SSSR count). The number of nitrogens with two attached hydrogens (primary N) is 3. The van der Waals surface area contributed by atoms with E-state index in [9.17, 15) is 102 Å². The fourth-order valence-electron chi connectivity index (χ4n) is 8.95. The highest BCUT2D eigenvalue weighted by molar-refractivity contribution is 6.01. The highest BCUT2D eigenvalue weighted by atomic mass is 16.4. The summed E-state index contributed by atoms with van der Waals surface area (Å²) in [6.07, 6.45) is -4.48. The Morgan fingerprint density at radius 3 is 1.27 bits per heavy atom. The topological polar surface area (TPSA) is 575 Å². The predicted molar refractivity (Wildman–Crippen MR) is 284 cm³/mol. The minimum atomic E-state index is -2.29. The van der Waals surface area contributed by atoms with Crippen molar-refractivity contribution < 1.29 is 107 Å². The molecule has 2 fully saturated rings. The highest BCUT2D eigenvalue weighted by Gasteiger charge is 2.45. The first-order valence-electron chi connectivity index (χ1n) is 27.0. The second kappa shape index (κ2) is 36.1. The van der Waals surface area contributed by atoms with Crippen LogP contribution in [0.25, 0.3) is 0 Å². The van der Waals surface area contributed by atoms with Crippen molar-refractivity contribution in [3.63, 3.8) is 0 Å². The lowest BCUT2D eigenvalue weighted by Gasteiger charge is -2.33. The quantitative estimate of drug-likeness (QED) is 0.0254. The number of carboxylic acids is 6. The Morgan fingerprint density at radius 2 is 0.845 bits per heavy atom. The first-order chi connectivity index (χ1) is 39.5. The normalized spacial score (nSPS) is 17.4. The molecule has 2 aliphatic rings. The van der Waals surface area contributed by atoms with Gasteiger partial charge in [0.05, 0.1) is 38.3 Å². The summed E-state index contributed by atoms with van der Waals surface area (Å²) in [5.41, 5.74) is 16.7. The number of unbranched alkanes of at least 4 members (excludes halogenated alkanes) is 2.